The first-order chi connectivity index (χ1) is 9.17. The highest BCUT2D eigenvalue weighted by Gasteiger charge is 2.19. The maximum absolute atomic E-state index is 13.8. The van der Waals surface area contributed by atoms with Crippen LogP contribution in [0.25, 0.3) is 11.4 Å². The van der Waals surface area contributed by atoms with Crippen molar-refractivity contribution >= 4 is 5.97 Å². The third-order valence-corrected chi connectivity index (χ3v) is 2.37. The number of nitrogens with zero attached hydrogens (tertiary/aromatic N) is 2. The van der Waals surface area contributed by atoms with Gasteiger partial charge in [0.2, 0.25) is 5.82 Å². The highest BCUT2D eigenvalue weighted by molar-refractivity contribution is 5.85. The Morgan fingerprint density at radius 3 is 2.95 bits per heavy atom. The SMILES string of the molecule is CCOC(=O)c1nc(-c2c(F)cccc2OC)n[nH]1. The Hall–Kier alpha value is -2.44. The van der Waals surface area contributed by atoms with Crippen molar-refractivity contribution in [3.05, 3.63) is 29.8 Å². The van der Waals surface area contributed by atoms with E-state index in [4.69, 9.17) is 9.47 Å². The molecule has 0 bridgehead atoms. The van der Waals surface area contributed by atoms with Crippen LogP contribution in [-0.4, -0.2) is 34.9 Å². The summed E-state index contributed by atoms with van der Waals surface area (Å²) in [6.07, 6.45) is 0. The molecular weight excluding hydrogens is 253 g/mol. The van der Waals surface area contributed by atoms with Gasteiger partial charge in [0, 0.05) is 0 Å². The van der Waals surface area contributed by atoms with Crippen LogP contribution in [0.5, 0.6) is 5.75 Å². The van der Waals surface area contributed by atoms with Crippen LogP contribution in [-0.2, 0) is 4.74 Å². The number of halogens is 1. The third kappa shape index (κ3) is 2.54. The number of carbonyl (C=O) groups is 1. The molecule has 0 spiro atoms. The lowest BCUT2D eigenvalue weighted by atomic mass is 10.2. The number of benzene rings is 1. The number of H-pyrrole nitrogens is 1. The first-order valence-corrected chi connectivity index (χ1v) is 5.59. The molecule has 7 heteroatoms. The molecule has 1 N–H and O–H groups in total. The molecule has 0 radical (unpaired) electrons. The van der Waals surface area contributed by atoms with Crippen molar-refractivity contribution in [1.82, 2.24) is 15.2 Å². The Morgan fingerprint density at radius 1 is 1.47 bits per heavy atom. The summed E-state index contributed by atoms with van der Waals surface area (Å²) in [6.45, 7) is 1.90. The minimum atomic E-state index is -0.642. The molecule has 0 aliphatic heterocycles. The predicted octanol–water partition coefficient (Wildman–Crippen LogP) is 1.80. The van der Waals surface area contributed by atoms with Crippen LogP contribution in [0.4, 0.5) is 4.39 Å². The largest absolute Gasteiger partial charge is 0.496 e. The van der Waals surface area contributed by atoms with Crippen LogP contribution in [0.15, 0.2) is 18.2 Å². The van der Waals surface area contributed by atoms with Crippen molar-refractivity contribution in [3.63, 3.8) is 0 Å². The van der Waals surface area contributed by atoms with Crippen molar-refractivity contribution in [2.45, 2.75) is 6.92 Å². The van der Waals surface area contributed by atoms with Crippen LogP contribution in [0, 0.1) is 5.82 Å². The lowest BCUT2D eigenvalue weighted by molar-refractivity contribution is 0.0512. The smallest absolute Gasteiger partial charge is 0.375 e. The Balaban J connectivity index is 2.41. The second-order valence-electron chi connectivity index (χ2n) is 3.55. The van der Waals surface area contributed by atoms with E-state index in [1.54, 1.807) is 13.0 Å². The van der Waals surface area contributed by atoms with Gasteiger partial charge in [0.05, 0.1) is 19.3 Å². The van der Waals surface area contributed by atoms with Crippen molar-refractivity contribution in [2.24, 2.45) is 0 Å². The Labute approximate surface area is 108 Å². The molecule has 2 rings (SSSR count). The summed E-state index contributed by atoms with van der Waals surface area (Å²) < 4.78 is 23.6. The summed E-state index contributed by atoms with van der Waals surface area (Å²) in [5.74, 6) is -0.931. The molecule has 0 saturated heterocycles. The van der Waals surface area contributed by atoms with E-state index in [9.17, 15) is 9.18 Å². The van der Waals surface area contributed by atoms with Gasteiger partial charge in [-0.3, -0.25) is 5.10 Å². The molecule has 6 nitrogen and oxygen atoms in total. The van der Waals surface area contributed by atoms with Crippen LogP contribution in [0.1, 0.15) is 17.5 Å². The molecule has 0 aliphatic rings. The fraction of sp³-hybridized carbons (Fsp3) is 0.250. The van der Waals surface area contributed by atoms with Gasteiger partial charge < -0.3 is 9.47 Å². The van der Waals surface area contributed by atoms with Crippen LogP contribution >= 0.6 is 0 Å². The van der Waals surface area contributed by atoms with E-state index < -0.39 is 11.8 Å². The van der Waals surface area contributed by atoms with Gasteiger partial charge in [0.25, 0.3) is 0 Å². The molecule has 0 unspecified atom stereocenters. The molecule has 1 heterocycles. The van der Waals surface area contributed by atoms with Gasteiger partial charge in [0.15, 0.2) is 5.82 Å². The van der Waals surface area contributed by atoms with E-state index >= 15 is 0 Å². The summed E-state index contributed by atoms with van der Waals surface area (Å²) >= 11 is 0. The van der Waals surface area contributed by atoms with Crippen molar-refractivity contribution in [1.29, 1.82) is 0 Å². The lowest BCUT2D eigenvalue weighted by Crippen LogP contribution is -2.06. The molecule has 0 saturated carbocycles. The number of ether oxygens (including phenoxy) is 2. The number of esters is 1. The molecule has 1 aromatic heterocycles. The number of carbonyl (C=O) groups excluding carboxylic acids is 1. The second kappa shape index (κ2) is 5.47. The molecule has 0 amide bonds. The molecular formula is C12H12FN3O3. The minimum Gasteiger partial charge on any atom is -0.496 e. The molecule has 19 heavy (non-hydrogen) atoms. The van der Waals surface area contributed by atoms with Gasteiger partial charge in [-0.1, -0.05) is 6.07 Å². The number of rotatable bonds is 4. The number of nitrogens with one attached hydrogen (secondary N) is 1. The van der Waals surface area contributed by atoms with Crippen LogP contribution in [0.3, 0.4) is 0 Å². The standard InChI is InChI=1S/C12H12FN3O3/c1-3-19-12(17)11-14-10(15-16-11)9-7(13)5-4-6-8(9)18-2/h4-6H,3H2,1-2H3,(H,14,15,16). The fourth-order valence-electron chi connectivity index (χ4n) is 1.56. The van der Waals surface area contributed by atoms with Crippen LogP contribution in [0.2, 0.25) is 0 Å². The van der Waals surface area contributed by atoms with Gasteiger partial charge in [-0.05, 0) is 19.1 Å². The lowest BCUT2D eigenvalue weighted by Gasteiger charge is -2.05. The molecule has 100 valence electrons. The van der Waals surface area contributed by atoms with E-state index in [1.165, 1.54) is 19.2 Å². The first-order valence-electron chi connectivity index (χ1n) is 5.59. The number of methoxy groups -OCH3 is 1. The molecule has 1 aromatic carbocycles. The number of aromatic nitrogens is 3. The monoisotopic (exact) mass is 265 g/mol. The maximum atomic E-state index is 13.8. The van der Waals surface area contributed by atoms with Gasteiger partial charge >= 0.3 is 5.97 Å². The Bertz CT molecular complexity index is 598. The first kappa shape index (κ1) is 13.0. The topological polar surface area (TPSA) is 77.1 Å². The molecule has 0 aliphatic carbocycles. The molecule has 2 aromatic rings. The number of hydrogen-bond acceptors (Lipinski definition) is 5. The van der Waals surface area contributed by atoms with Crippen molar-refractivity contribution < 1.29 is 18.7 Å². The van der Waals surface area contributed by atoms with Gasteiger partial charge in [-0.2, -0.15) is 5.10 Å². The average molecular weight is 265 g/mol. The third-order valence-electron chi connectivity index (χ3n) is 2.37. The highest BCUT2D eigenvalue weighted by Crippen LogP contribution is 2.29. The second-order valence-corrected chi connectivity index (χ2v) is 3.55. The van der Waals surface area contributed by atoms with Gasteiger partial charge in [-0.15, -0.1) is 0 Å². The minimum absolute atomic E-state index is 0.0398. The zero-order valence-corrected chi connectivity index (χ0v) is 10.4. The Morgan fingerprint density at radius 2 is 2.26 bits per heavy atom. The summed E-state index contributed by atoms with van der Waals surface area (Å²) in [5, 5.41) is 6.21. The summed E-state index contributed by atoms with van der Waals surface area (Å²) in [7, 11) is 1.41. The van der Waals surface area contributed by atoms with Crippen molar-refractivity contribution in [3.8, 4) is 17.1 Å². The molecule has 0 atom stereocenters. The van der Waals surface area contributed by atoms with E-state index in [0.717, 1.165) is 0 Å². The zero-order valence-electron chi connectivity index (χ0n) is 10.4. The molecule has 0 fully saturated rings. The van der Waals surface area contributed by atoms with Crippen LogP contribution < -0.4 is 4.74 Å². The quantitative estimate of drug-likeness (QED) is 0.853. The average Bonchev–Trinajstić information content (AvgIpc) is 2.88. The normalized spacial score (nSPS) is 10.3. The predicted molar refractivity (Wildman–Crippen MR) is 64.3 cm³/mol. The van der Waals surface area contributed by atoms with E-state index in [0.29, 0.717) is 0 Å². The zero-order chi connectivity index (χ0) is 13.8. The summed E-state index contributed by atoms with van der Waals surface area (Å²) in [5.41, 5.74) is 0.0943. The van der Waals surface area contributed by atoms with Gasteiger partial charge in [-0.25, -0.2) is 14.2 Å². The van der Waals surface area contributed by atoms with Crippen molar-refractivity contribution in [2.75, 3.05) is 13.7 Å². The van der Waals surface area contributed by atoms with Gasteiger partial charge in [0.1, 0.15) is 11.6 Å². The fourth-order valence-corrected chi connectivity index (χ4v) is 1.56. The Kier molecular flexibility index (Phi) is 3.74. The summed E-state index contributed by atoms with van der Waals surface area (Å²) in [6, 6.07) is 4.35. The van der Waals surface area contributed by atoms with E-state index in [2.05, 4.69) is 15.2 Å². The van der Waals surface area contributed by atoms with E-state index in [-0.39, 0.29) is 29.6 Å². The highest BCUT2D eigenvalue weighted by atomic mass is 19.1. The maximum Gasteiger partial charge on any atom is 0.375 e. The number of aromatic amines is 1. The summed E-state index contributed by atoms with van der Waals surface area (Å²) in [4.78, 5) is 15.4. The van der Waals surface area contributed by atoms with E-state index in [1.807, 2.05) is 0 Å². The number of hydrogen-bond donors (Lipinski definition) is 1.